The van der Waals surface area contributed by atoms with Gasteiger partial charge in [-0.15, -0.1) is 0 Å². The van der Waals surface area contributed by atoms with E-state index >= 15 is 0 Å². The number of nitro groups is 1. The van der Waals surface area contributed by atoms with E-state index in [1.807, 2.05) is 0 Å². The Kier molecular flexibility index (Phi) is 6.57. The number of rotatable bonds is 8. The highest BCUT2D eigenvalue weighted by molar-refractivity contribution is 5.73. The van der Waals surface area contributed by atoms with Gasteiger partial charge in [0.1, 0.15) is 43.4 Å². The molecular weight excluding hydrogens is 358 g/mol. The number of aliphatic hydroxyl groups excluding tert-OH is 3. The number of aliphatic hydroxyl groups is 3. The molecule has 13 nitrogen and oxygen atoms in total. The van der Waals surface area contributed by atoms with Crippen LogP contribution in [0.3, 0.4) is 0 Å². The molecule has 0 radical (unpaired) electrons. The maximum Gasteiger partial charge on any atom is 0.434 e. The second-order valence-electron chi connectivity index (χ2n) is 5.59. The van der Waals surface area contributed by atoms with Crippen LogP contribution in [-0.4, -0.2) is 91.4 Å². The van der Waals surface area contributed by atoms with Crippen LogP contribution in [0, 0.1) is 10.1 Å². The van der Waals surface area contributed by atoms with Gasteiger partial charge in [0.2, 0.25) is 0 Å². The molecule has 0 aliphatic carbocycles. The molecule has 0 saturated carbocycles. The first-order valence-electron chi connectivity index (χ1n) is 7.48. The van der Waals surface area contributed by atoms with Gasteiger partial charge in [-0.25, -0.2) is 9.36 Å². The van der Waals surface area contributed by atoms with Gasteiger partial charge in [-0.1, -0.05) is 4.98 Å². The number of nitrogens with zero attached hydrogens (tertiary/aromatic N) is 3. The van der Waals surface area contributed by atoms with Crippen molar-refractivity contribution in [3.05, 3.63) is 22.5 Å². The average Bonchev–Trinajstić information content (AvgIpc) is 3.03. The minimum Gasteiger partial charge on any atom is -0.479 e. The van der Waals surface area contributed by atoms with Crippen molar-refractivity contribution in [1.82, 2.24) is 9.55 Å². The molecule has 1 aliphatic rings. The number of ether oxygens (including phenoxy) is 3. The van der Waals surface area contributed by atoms with Crippen LogP contribution in [0.15, 0.2) is 12.4 Å². The predicted molar refractivity (Wildman–Crippen MR) is 79.9 cm³/mol. The summed E-state index contributed by atoms with van der Waals surface area (Å²) in [6, 6.07) is 0. The minimum absolute atomic E-state index is 0.0850. The molecule has 1 aliphatic heterocycles. The Morgan fingerprint density at radius 3 is 2.69 bits per heavy atom. The molecule has 146 valence electrons. The van der Waals surface area contributed by atoms with Crippen molar-refractivity contribution in [2.24, 2.45) is 0 Å². The lowest BCUT2D eigenvalue weighted by molar-refractivity contribution is -0.397. The van der Waals surface area contributed by atoms with E-state index in [1.54, 1.807) is 0 Å². The fraction of sp³-hybridized carbons (Fsp3) is 0.692. The van der Waals surface area contributed by atoms with Gasteiger partial charge < -0.3 is 44.8 Å². The third-order valence-electron chi connectivity index (χ3n) is 3.75. The topological polar surface area (TPSA) is 187 Å². The first kappa shape index (κ1) is 20.2. The highest BCUT2D eigenvalue weighted by Crippen LogP contribution is 2.24. The van der Waals surface area contributed by atoms with Crippen LogP contribution in [0.1, 0.15) is 0 Å². The molecule has 1 aromatic rings. The predicted octanol–water partition coefficient (Wildman–Crippen LogP) is -2.28. The molecule has 2 unspecified atom stereocenters. The molecule has 2 heterocycles. The Morgan fingerprint density at radius 2 is 2.12 bits per heavy atom. The quantitative estimate of drug-likeness (QED) is 0.282. The van der Waals surface area contributed by atoms with Gasteiger partial charge >= 0.3 is 11.9 Å². The minimum atomic E-state index is -1.85. The molecular formula is C13H19N3O10. The van der Waals surface area contributed by atoms with Crippen molar-refractivity contribution in [3.8, 4) is 0 Å². The molecule has 0 bridgehead atoms. The average molecular weight is 377 g/mol. The number of imidazole rings is 1. The van der Waals surface area contributed by atoms with E-state index in [1.165, 1.54) is 24.1 Å². The summed E-state index contributed by atoms with van der Waals surface area (Å²) in [5, 5.41) is 49.4. The SMILES string of the molecule is COCC(Cn1ccnc1[N+](=O)[O-])OC1O[C@H](C(=O)O)[C@@H](O)[C@H](O)[C@H]1O. The van der Waals surface area contributed by atoms with Crippen molar-refractivity contribution in [2.45, 2.75) is 43.4 Å². The number of aromatic nitrogens is 2. The van der Waals surface area contributed by atoms with Gasteiger partial charge in [-0.3, -0.25) is 0 Å². The Labute approximate surface area is 146 Å². The van der Waals surface area contributed by atoms with E-state index in [4.69, 9.17) is 19.3 Å². The first-order chi connectivity index (χ1) is 12.3. The number of hydrogen-bond donors (Lipinski definition) is 4. The van der Waals surface area contributed by atoms with E-state index in [0.29, 0.717) is 0 Å². The molecule has 6 atom stereocenters. The molecule has 0 amide bonds. The molecule has 1 saturated heterocycles. The number of hydrogen-bond acceptors (Lipinski definition) is 10. The fourth-order valence-electron chi connectivity index (χ4n) is 2.51. The van der Waals surface area contributed by atoms with Gasteiger partial charge in [0.15, 0.2) is 12.4 Å². The zero-order chi connectivity index (χ0) is 19.4. The summed E-state index contributed by atoms with van der Waals surface area (Å²) >= 11 is 0. The molecule has 1 fully saturated rings. The van der Waals surface area contributed by atoms with Crippen LogP contribution in [0.25, 0.3) is 0 Å². The number of carbonyl (C=O) groups is 1. The fourth-order valence-corrected chi connectivity index (χ4v) is 2.51. The first-order valence-corrected chi connectivity index (χ1v) is 7.48. The van der Waals surface area contributed by atoms with Gasteiger partial charge in [0, 0.05) is 7.11 Å². The van der Waals surface area contributed by atoms with Crippen LogP contribution in [0.5, 0.6) is 0 Å². The zero-order valence-corrected chi connectivity index (χ0v) is 13.6. The third-order valence-corrected chi connectivity index (χ3v) is 3.75. The number of aliphatic carboxylic acids is 1. The second kappa shape index (κ2) is 8.48. The number of methoxy groups -OCH3 is 1. The third kappa shape index (κ3) is 4.32. The summed E-state index contributed by atoms with van der Waals surface area (Å²) in [5.41, 5.74) is 0. The summed E-state index contributed by atoms with van der Waals surface area (Å²) in [4.78, 5) is 24.9. The summed E-state index contributed by atoms with van der Waals surface area (Å²) in [6.45, 7) is -0.203. The van der Waals surface area contributed by atoms with Crippen LogP contribution >= 0.6 is 0 Å². The van der Waals surface area contributed by atoms with Gasteiger partial charge in [0.25, 0.3) is 0 Å². The molecule has 13 heteroatoms. The lowest BCUT2D eigenvalue weighted by atomic mass is 9.99. The summed E-state index contributed by atoms with van der Waals surface area (Å²) in [7, 11) is 1.34. The second-order valence-corrected chi connectivity index (χ2v) is 5.59. The van der Waals surface area contributed by atoms with E-state index in [9.17, 15) is 30.2 Å². The molecule has 4 N–H and O–H groups in total. The molecule has 26 heavy (non-hydrogen) atoms. The van der Waals surface area contributed by atoms with E-state index in [0.717, 1.165) is 0 Å². The van der Waals surface area contributed by atoms with Crippen molar-refractivity contribution >= 4 is 11.9 Å². The van der Waals surface area contributed by atoms with Crippen molar-refractivity contribution in [2.75, 3.05) is 13.7 Å². The Hall–Kier alpha value is -2.16. The smallest absolute Gasteiger partial charge is 0.434 e. The van der Waals surface area contributed by atoms with Gasteiger partial charge in [-0.05, 0) is 4.92 Å². The van der Waals surface area contributed by atoms with Crippen LogP contribution in [-0.2, 0) is 25.5 Å². The van der Waals surface area contributed by atoms with Crippen LogP contribution < -0.4 is 0 Å². The van der Waals surface area contributed by atoms with Crippen molar-refractivity contribution in [3.63, 3.8) is 0 Å². The zero-order valence-electron chi connectivity index (χ0n) is 13.6. The van der Waals surface area contributed by atoms with E-state index < -0.39 is 53.7 Å². The van der Waals surface area contributed by atoms with Gasteiger partial charge in [-0.2, -0.15) is 0 Å². The lowest BCUT2D eigenvalue weighted by Gasteiger charge is -2.39. The Bertz CT molecular complexity index is 637. The lowest BCUT2D eigenvalue weighted by Crippen LogP contribution is -2.61. The molecule has 1 aromatic heterocycles. The summed E-state index contributed by atoms with van der Waals surface area (Å²) in [5.74, 6) is -2.00. The normalized spacial score (nSPS) is 30.1. The largest absolute Gasteiger partial charge is 0.479 e. The monoisotopic (exact) mass is 377 g/mol. The highest BCUT2D eigenvalue weighted by atomic mass is 16.7. The van der Waals surface area contributed by atoms with Gasteiger partial charge in [0.05, 0.1) is 6.61 Å². The van der Waals surface area contributed by atoms with Crippen molar-refractivity contribution < 1.29 is 44.4 Å². The highest BCUT2D eigenvalue weighted by Gasteiger charge is 2.48. The van der Waals surface area contributed by atoms with Crippen LogP contribution in [0.4, 0.5) is 5.95 Å². The van der Waals surface area contributed by atoms with Crippen molar-refractivity contribution in [1.29, 1.82) is 0 Å². The molecule has 0 aromatic carbocycles. The van der Waals surface area contributed by atoms with E-state index in [2.05, 4.69) is 4.98 Å². The van der Waals surface area contributed by atoms with E-state index in [-0.39, 0.29) is 13.2 Å². The summed E-state index contributed by atoms with van der Waals surface area (Å²) in [6.07, 6.45) is -7.18. The van der Waals surface area contributed by atoms with Crippen LogP contribution in [0.2, 0.25) is 0 Å². The standard InChI is InChI=1S/C13H19N3O10/c1-24-5-6(4-15-3-2-14-13(15)16(22)23)25-12-9(19)7(17)8(18)10(26-12)11(20)21/h2-3,6-10,12,17-19H,4-5H2,1H3,(H,20,21)/t6?,7-,8-,9+,10-,12?/m0/s1. The Balaban J connectivity index is 2.13. The number of carboxylic acids is 1. The molecule has 0 spiro atoms. The maximum absolute atomic E-state index is 11.1. The molecule has 2 rings (SSSR count). The Morgan fingerprint density at radius 1 is 1.42 bits per heavy atom. The number of carboxylic acid groups (broad SMARTS) is 1. The maximum atomic E-state index is 11.1. The summed E-state index contributed by atoms with van der Waals surface area (Å²) < 4.78 is 16.6.